The molecule has 0 aliphatic heterocycles. The Balaban J connectivity index is 2.57. The Kier molecular flexibility index (Phi) is 5.86. The van der Waals surface area contributed by atoms with Gasteiger partial charge in [-0.25, -0.2) is 13.1 Å². The first-order valence-electron chi connectivity index (χ1n) is 6.36. The summed E-state index contributed by atoms with van der Waals surface area (Å²) in [5.74, 6) is -2.04. The van der Waals surface area contributed by atoms with Crippen LogP contribution in [0.3, 0.4) is 0 Å². The fraction of sp³-hybridized carbons (Fsp3) is 0.385. The van der Waals surface area contributed by atoms with Crippen LogP contribution in [0.4, 0.5) is 0 Å². The number of benzene rings is 1. The molecule has 0 aliphatic carbocycles. The van der Waals surface area contributed by atoms with Crippen molar-refractivity contribution in [1.82, 2.24) is 4.72 Å². The molecule has 7 nitrogen and oxygen atoms in total. The van der Waals surface area contributed by atoms with Crippen molar-refractivity contribution < 1.29 is 23.1 Å². The zero-order valence-electron chi connectivity index (χ0n) is 11.6. The van der Waals surface area contributed by atoms with Crippen molar-refractivity contribution in [3.8, 4) is 0 Å². The first kappa shape index (κ1) is 17.1. The number of hydrogen-bond donors (Lipinski definition) is 3. The van der Waals surface area contributed by atoms with Crippen LogP contribution in [0.15, 0.2) is 29.2 Å². The number of nitrogens with two attached hydrogens (primary N) is 1. The van der Waals surface area contributed by atoms with Gasteiger partial charge in [-0.15, -0.1) is 0 Å². The van der Waals surface area contributed by atoms with Crippen LogP contribution in [-0.2, 0) is 14.8 Å². The fourth-order valence-electron chi connectivity index (χ4n) is 1.62. The smallest absolute Gasteiger partial charge is 0.306 e. The second kappa shape index (κ2) is 7.19. The van der Waals surface area contributed by atoms with Gasteiger partial charge in [-0.1, -0.05) is 6.92 Å². The molecule has 0 fully saturated rings. The van der Waals surface area contributed by atoms with Gasteiger partial charge in [-0.05, 0) is 37.1 Å². The molecule has 0 bridgehead atoms. The van der Waals surface area contributed by atoms with Crippen molar-refractivity contribution >= 4 is 21.9 Å². The maximum absolute atomic E-state index is 11.9. The van der Waals surface area contributed by atoms with E-state index in [4.69, 9.17) is 10.8 Å². The van der Waals surface area contributed by atoms with Crippen LogP contribution in [0.5, 0.6) is 0 Å². The van der Waals surface area contributed by atoms with Gasteiger partial charge in [0.25, 0.3) is 0 Å². The minimum Gasteiger partial charge on any atom is -0.481 e. The summed E-state index contributed by atoms with van der Waals surface area (Å²) in [6, 6.07) is 5.26. The molecule has 0 heterocycles. The van der Waals surface area contributed by atoms with Crippen LogP contribution in [-0.4, -0.2) is 31.9 Å². The quantitative estimate of drug-likeness (QED) is 0.604. The lowest BCUT2D eigenvalue weighted by Crippen LogP contribution is -2.25. The summed E-state index contributed by atoms with van der Waals surface area (Å²) >= 11 is 0. The van der Waals surface area contributed by atoms with Gasteiger partial charge in [0.15, 0.2) is 0 Å². The molecule has 0 spiro atoms. The number of carboxylic acid groups (broad SMARTS) is 1. The molecule has 0 aliphatic rings. The Hall–Kier alpha value is -1.93. The van der Waals surface area contributed by atoms with E-state index < -0.39 is 27.8 Å². The molecule has 1 rings (SSSR count). The molecule has 1 atom stereocenters. The predicted molar refractivity (Wildman–Crippen MR) is 76.2 cm³/mol. The highest BCUT2D eigenvalue weighted by molar-refractivity contribution is 7.89. The lowest BCUT2D eigenvalue weighted by molar-refractivity contribution is -0.141. The van der Waals surface area contributed by atoms with Crippen molar-refractivity contribution in [1.29, 1.82) is 0 Å². The molecule has 1 amide bonds. The molecule has 0 saturated carbocycles. The third-order valence-electron chi connectivity index (χ3n) is 2.98. The molecule has 0 saturated heterocycles. The molecular formula is C13H18N2O5S. The second-order valence-electron chi connectivity index (χ2n) is 4.67. The van der Waals surface area contributed by atoms with E-state index in [0.717, 1.165) is 0 Å². The molecule has 1 aromatic carbocycles. The summed E-state index contributed by atoms with van der Waals surface area (Å²) in [6.45, 7) is 1.72. The summed E-state index contributed by atoms with van der Waals surface area (Å²) < 4.78 is 26.3. The van der Waals surface area contributed by atoms with Gasteiger partial charge >= 0.3 is 5.97 Å². The van der Waals surface area contributed by atoms with Crippen LogP contribution in [0.2, 0.25) is 0 Å². The van der Waals surface area contributed by atoms with Crippen molar-refractivity contribution in [3.05, 3.63) is 29.8 Å². The normalized spacial score (nSPS) is 12.8. The van der Waals surface area contributed by atoms with Crippen molar-refractivity contribution in [2.45, 2.75) is 24.7 Å². The van der Waals surface area contributed by atoms with Crippen molar-refractivity contribution in [2.75, 3.05) is 6.54 Å². The molecule has 0 aromatic heterocycles. The molecule has 4 N–H and O–H groups in total. The molecular weight excluding hydrogens is 296 g/mol. The van der Waals surface area contributed by atoms with E-state index in [1.807, 2.05) is 0 Å². The first-order valence-corrected chi connectivity index (χ1v) is 7.84. The Morgan fingerprint density at radius 2 is 1.86 bits per heavy atom. The van der Waals surface area contributed by atoms with E-state index in [1.165, 1.54) is 24.3 Å². The number of hydrogen-bond acceptors (Lipinski definition) is 4. The Morgan fingerprint density at radius 3 is 2.33 bits per heavy atom. The minimum atomic E-state index is -3.67. The molecule has 0 radical (unpaired) electrons. The number of rotatable bonds is 8. The summed E-state index contributed by atoms with van der Waals surface area (Å²) in [6.07, 6.45) is 0.810. The van der Waals surface area contributed by atoms with Gasteiger partial charge in [0, 0.05) is 12.1 Å². The van der Waals surface area contributed by atoms with Gasteiger partial charge in [-0.2, -0.15) is 0 Å². The Bertz CT molecular complexity index is 610. The van der Waals surface area contributed by atoms with E-state index >= 15 is 0 Å². The van der Waals surface area contributed by atoms with E-state index in [0.29, 0.717) is 12.8 Å². The summed E-state index contributed by atoms with van der Waals surface area (Å²) in [4.78, 5) is 21.5. The monoisotopic (exact) mass is 314 g/mol. The van der Waals surface area contributed by atoms with E-state index in [1.54, 1.807) is 6.92 Å². The average Bonchev–Trinajstić information content (AvgIpc) is 2.43. The Labute approximate surface area is 123 Å². The SMILES string of the molecule is CC(CCCNS(=O)(=O)c1ccc(C(N)=O)cc1)C(=O)O. The molecule has 1 unspecified atom stereocenters. The number of sulfonamides is 1. The standard InChI is InChI=1S/C13H18N2O5S/c1-9(13(17)18)3-2-8-15-21(19,20)11-6-4-10(5-7-11)12(14)16/h4-7,9,15H,2-3,8H2,1H3,(H2,14,16)(H,17,18). The van der Waals surface area contributed by atoms with E-state index in [9.17, 15) is 18.0 Å². The number of carbonyl (C=O) groups is 2. The maximum Gasteiger partial charge on any atom is 0.306 e. The number of aliphatic carboxylic acids is 1. The van der Waals surface area contributed by atoms with Gasteiger partial charge in [0.2, 0.25) is 15.9 Å². The first-order chi connectivity index (χ1) is 9.74. The van der Waals surface area contributed by atoms with Gasteiger partial charge in [0.05, 0.1) is 10.8 Å². The van der Waals surface area contributed by atoms with Crippen LogP contribution in [0.25, 0.3) is 0 Å². The zero-order chi connectivity index (χ0) is 16.0. The topological polar surface area (TPSA) is 127 Å². The summed E-state index contributed by atoms with van der Waals surface area (Å²) in [7, 11) is -3.67. The van der Waals surface area contributed by atoms with Gasteiger partial charge in [0.1, 0.15) is 0 Å². The van der Waals surface area contributed by atoms with E-state index in [-0.39, 0.29) is 17.0 Å². The van der Waals surface area contributed by atoms with Crippen LogP contribution in [0.1, 0.15) is 30.1 Å². The van der Waals surface area contributed by atoms with Crippen molar-refractivity contribution in [2.24, 2.45) is 11.7 Å². The van der Waals surface area contributed by atoms with Crippen molar-refractivity contribution in [3.63, 3.8) is 0 Å². The fourth-order valence-corrected chi connectivity index (χ4v) is 2.69. The largest absolute Gasteiger partial charge is 0.481 e. The third kappa shape index (κ3) is 5.16. The highest BCUT2D eigenvalue weighted by Crippen LogP contribution is 2.11. The second-order valence-corrected chi connectivity index (χ2v) is 6.43. The third-order valence-corrected chi connectivity index (χ3v) is 4.45. The minimum absolute atomic E-state index is 0.0267. The van der Waals surface area contributed by atoms with Crippen LogP contribution in [0, 0.1) is 5.92 Å². The summed E-state index contributed by atoms with van der Waals surface area (Å²) in [5.41, 5.74) is 5.30. The van der Waals surface area contributed by atoms with Crippen LogP contribution >= 0.6 is 0 Å². The lowest BCUT2D eigenvalue weighted by atomic mass is 10.1. The Morgan fingerprint density at radius 1 is 1.29 bits per heavy atom. The lowest BCUT2D eigenvalue weighted by Gasteiger charge is -2.08. The van der Waals surface area contributed by atoms with E-state index in [2.05, 4.69) is 4.72 Å². The number of nitrogens with one attached hydrogen (secondary N) is 1. The number of amides is 1. The number of carboxylic acids is 1. The zero-order valence-corrected chi connectivity index (χ0v) is 12.4. The molecule has 1 aromatic rings. The maximum atomic E-state index is 11.9. The summed E-state index contributed by atoms with van der Waals surface area (Å²) in [5, 5.41) is 8.71. The van der Waals surface area contributed by atoms with Crippen LogP contribution < -0.4 is 10.5 Å². The van der Waals surface area contributed by atoms with Gasteiger partial charge < -0.3 is 10.8 Å². The predicted octanol–water partition coefficient (Wildman–Crippen LogP) is 0.565. The number of primary amides is 1. The average molecular weight is 314 g/mol. The highest BCUT2D eigenvalue weighted by atomic mass is 32.2. The highest BCUT2D eigenvalue weighted by Gasteiger charge is 2.15. The molecule has 8 heteroatoms. The van der Waals surface area contributed by atoms with Gasteiger partial charge in [-0.3, -0.25) is 9.59 Å². The molecule has 116 valence electrons. The molecule has 21 heavy (non-hydrogen) atoms. The number of carbonyl (C=O) groups excluding carboxylic acids is 1.